The Bertz CT molecular complexity index is 705. The van der Waals surface area contributed by atoms with Crippen molar-refractivity contribution >= 4 is 11.7 Å². The van der Waals surface area contributed by atoms with Crippen molar-refractivity contribution in [1.82, 2.24) is 4.90 Å². The van der Waals surface area contributed by atoms with Crippen LogP contribution in [-0.2, 0) is 11.3 Å². The normalized spacial score (nSPS) is 10.4. The monoisotopic (exact) mass is 339 g/mol. The second-order valence-corrected chi connectivity index (χ2v) is 6.17. The molecule has 0 aliphatic carbocycles. The van der Waals surface area contributed by atoms with E-state index in [4.69, 9.17) is 4.74 Å². The molecule has 2 rings (SSSR count). The van der Waals surface area contributed by atoms with E-state index < -0.39 is 0 Å². The van der Waals surface area contributed by atoms with Crippen LogP contribution in [0.3, 0.4) is 0 Å². The van der Waals surface area contributed by atoms with Crippen molar-refractivity contribution in [3.05, 3.63) is 65.2 Å². The lowest BCUT2D eigenvalue weighted by atomic mass is 10.1. The van der Waals surface area contributed by atoms with Crippen LogP contribution in [0, 0.1) is 6.92 Å². The molecule has 25 heavy (non-hydrogen) atoms. The van der Waals surface area contributed by atoms with Gasteiger partial charge in [-0.2, -0.15) is 0 Å². The molecule has 0 saturated carbocycles. The number of ketones is 1. The van der Waals surface area contributed by atoms with Gasteiger partial charge in [0.15, 0.2) is 12.4 Å². The van der Waals surface area contributed by atoms with Crippen molar-refractivity contribution in [3.63, 3.8) is 0 Å². The van der Waals surface area contributed by atoms with Crippen molar-refractivity contribution in [2.75, 3.05) is 13.2 Å². The highest BCUT2D eigenvalue weighted by Gasteiger charge is 2.14. The van der Waals surface area contributed by atoms with Crippen LogP contribution in [-0.4, -0.2) is 29.7 Å². The zero-order chi connectivity index (χ0) is 18.2. The van der Waals surface area contributed by atoms with Crippen LogP contribution < -0.4 is 4.74 Å². The lowest BCUT2D eigenvalue weighted by Crippen LogP contribution is -2.35. The topological polar surface area (TPSA) is 46.6 Å². The molecule has 0 aromatic heterocycles. The molecular formula is C21H25NO3. The van der Waals surface area contributed by atoms with Crippen molar-refractivity contribution < 1.29 is 14.3 Å². The van der Waals surface area contributed by atoms with E-state index >= 15 is 0 Å². The van der Waals surface area contributed by atoms with Gasteiger partial charge in [-0.15, -0.1) is 0 Å². The van der Waals surface area contributed by atoms with Gasteiger partial charge in [0.25, 0.3) is 5.91 Å². The molecule has 0 atom stereocenters. The highest BCUT2D eigenvalue weighted by molar-refractivity contribution is 5.94. The maximum absolute atomic E-state index is 12.5. The van der Waals surface area contributed by atoms with E-state index in [1.54, 1.807) is 24.3 Å². The molecule has 0 saturated heterocycles. The fourth-order valence-corrected chi connectivity index (χ4v) is 2.50. The summed E-state index contributed by atoms with van der Waals surface area (Å²) in [6, 6.07) is 15.0. The third-order valence-corrected chi connectivity index (χ3v) is 3.96. The first kappa shape index (κ1) is 18.7. The molecule has 0 heterocycles. The van der Waals surface area contributed by atoms with Crippen LogP contribution in [0.2, 0.25) is 0 Å². The summed E-state index contributed by atoms with van der Waals surface area (Å²) < 4.78 is 5.58. The third kappa shape index (κ3) is 5.75. The van der Waals surface area contributed by atoms with Gasteiger partial charge < -0.3 is 9.64 Å². The zero-order valence-electron chi connectivity index (χ0n) is 15.1. The average molecular weight is 339 g/mol. The molecule has 0 bridgehead atoms. The van der Waals surface area contributed by atoms with Gasteiger partial charge in [-0.05, 0) is 50.1 Å². The minimum atomic E-state index is -0.0435. The molecule has 1 amide bonds. The summed E-state index contributed by atoms with van der Waals surface area (Å²) in [7, 11) is 0. The van der Waals surface area contributed by atoms with E-state index in [1.807, 2.05) is 24.0 Å². The molecule has 0 spiro atoms. The first-order valence-electron chi connectivity index (χ1n) is 8.56. The first-order valence-corrected chi connectivity index (χ1v) is 8.56. The number of hydrogen-bond donors (Lipinski definition) is 0. The maximum atomic E-state index is 12.5. The maximum Gasteiger partial charge on any atom is 0.260 e. The lowest BCUT2D eigenvalue weighted by molar-refractivity contribution is -0.134. The Labute approximate surface area is 149 Å². The highest BCUT2D eigenvalue weighted by atomic mass is 16.5. The summed E-state index contributed by atoms with van der Waals surface area (Å²) in [6.07, 6.45) is 0.894. The number of carbonyl (C=O) groups excluding carboxylic acids is 2. The van der Waals surface area contributed by atoms with Crippen LogP contribution in [0.1, 0.15) is 41.8 Å². The standard InChI is InChI=1S/C21H25NO3/c1-4-13-22(14-18-7-5-16(2)6-8-18)21(24)15-25-20-11-9-19(10-12-20)17(3)23/h5-12H,4,13-15H2,1-3H3. The molecule has 0 N–H and O–H groups in total. The predicted molar refractivity (Wildman–Crippen MR) is 98.8 cm³/mol. The summed E-state index contributed by atoms with van der Waals surface area (Å²) in [4.78, 5) is 25.6. The van der Waals surface area contributed by atoms with Crippen LogP contribution >= 0.6 is 0 Å². The van der Waals surface area contributed by atoms with Gasteiger partial charge in [0.2, 0.25) is 0 Å². The second-order valence-electron chi connectivity index (χ2n) is 6.17. The van der Waals surface area contributed by atoms with Crippen molar-refractivity contribution in [1.29, 1.82) is 0 Å². The Hall–Kier alpha value is -2.62. The molecule has 0 aliphatic heterocycles. The van der Waals surface area contributed by atoms with E-state index in [2.05, 4.69) is 19.1 Å². The van der Waals surface area contributed by atoms with Crippen LogP contribution in [0.5, 0.6) is 5.75 Å². The minimum Gasteiger partial charge on any atom is -0.484 e. The fourth-order valence-electron chi connectivity index (χ4n) is 2.50. The number of aryl methyl sites for hydroxylation is 1. The van der Waals surface area contributed by atoms with Gasteiger partial charge in [0.05, 0.1) is 0 Å². The number of nitrogens with zero attached hydrogens (tertiary/aromatic N) is 1. The van der Waals surface area contributed by atoms with Crippen molar-refractivity contribution in [2.24, 2.45) is 0 Å². The molecule has 4 nitrogen and oxygen atoms in total. The number of Topliss-reactive ketones (excluding diaryl/α,β-unsaturated/α-hetero) is 1. The molecule has 2 aromatic rings. The number of ether oxygens (including phenoxy) is 1. The average Bonchev–Trinajstić information content (AvgIpc) is 2.61. The Morgan fingerprint density at radius 1 is 1.00 bits per heavy atom. The van der Waals surface area contributed by atoms with Gasteiger partial charge in [0.1, 0.15) is 5.75 Å². The molecule has 132 valence electrons. The number of benzene rings is 2. The molecule has 0 unspecified atom stereocenters. The van der Waals surface area contributed by atoms with E-state index in [0.29, 0.717) is 24.4 Å². The number of carbonyl (C=O) groups is 2. The Kier molecular flexibility index (Phi) is 6.75. The molecule has 0 radical (unpaired) electrons. The summed E-state index contributed by atoms with van der Waals surface area (Å²) in [5.41, 5.74) is 2.94. The molecule has 0 aliphatic rings. The van der Waals surface area contributed by atoms with Gasteiger partial charge in [-0.3, -0.25) is 9.59 Å². The predicted octanol–water partition coefficient (Wildman–Crippen LogP) is 4.02. The number of rotatable bonds is 8. The van der Waals surface area contributed by atoms with Gasteiger partial charge >= 0.3 is 0 Å². The summed E-state index contributed by atoms with van der Waals surface area (Å²) in [5, 5.41) is 0. The Balaban J connectivity index is 1.95. The van der Waals surface area contributed by atoms with Gasteiger partial charge in [-0.1, -0.05) is 36.8 Å². The van der Waals surface area contributed by atoms with Crippen LogP contribution in [0.25, 0.3) is 0 Å². The van der Waals surface area contributed by atoms with Crippen LogP contribution in [0.15, 0.2) is 48.5 Å². The first-order chi connectivity index (χ1) is 12.0. The summed E-state index contributed by atoms with van der Waals surface area (Å²) in [6.45, 7) is 6.89. The van der Waals surface area contributed by atoms with Gasteiger partial charge in [0, 0.05) is 18.7 Å². The zero-order valence-corrected chi connectivity index (χ0v) is 15.1. The smallest absolute Gasteiger partial charge is 0.260 e. The van der Waals surface area contributed by atoms with E-state index in [9.17, 15) is 9.59 Å². The molecule has 2 aromatic carbocycles. The number of hydrogen-bond acceptors (Lipinski definition) is 3. The Morgan fingerprint density at radius 3 is 2.20 bits per heavy atom. The van der Waals surface area contributed by atoms with Crippen molar-refractivity contribution in [3.8, 4) is 5.75 Å². The molecule has 0 fully saturated rings. The van der Waals surface area contributed by atoms with Crippen LogP contribution in [0.4, 0.5) is 0 Å². The van der Waals surface area contributed by atoms with Crippen molar-refractivity contribution in [2.45, 2.75) is 33.7 Å². The number of amides is 1. The second kappa shape index (κ2) is 9.02. The quantitative estimate of drug-likeness (QED) is 0.683. The van der Waals surface area contributed by atoms with E-state index in [0.717, 1.165) is 12.0 Å². The van der Waals surface area contributed by atoms with E-state index in [1.165, 1.54) is 12.5 Å². The third-order valence-electron chi connectivity index (χ3n) is 3.96. The summed E-state index contributed by atoms with van der Waals surface area (Å²) >= 11 is 0. The molecular weight excluding hydrogens is 314 g/mol. The Morgan fingerprint density at radius 2 is 1.64 bits per heavy atom. The van der Waals surface area contributed by atoms with Gasteiger partial charge in [-0.25, -0.2) is 0 Å². The highest BCUT2D eigenvalue weighted by Crippen LogP contribution is 2.13. The fraction of sp³-hybridized carbons (Fsp3) is 0.333. The largest absolute Gasteiger partial charge is 0.484 e. The minimum absolute atomic E-state index is 0.00865. The SMILES string of the molecule is CCCN(Cc1ccc(C)cc1)C(=O)COc1ccc(C(C)=O)cc1. The summed E-state index contributed by atoms with van der Waals surface area (Å²) in [5.74, 6) is 0.554. The molecule has 4 heteroatoms. The van der Waals surface area contributed by atoms with E-state index in [-0.39, 0.29) is 18.3 Å². The lowest BCUT2D eigenvalue weighted by Gasteiger charge is -2.22.